The van der Waals surface area contributed by atoms with E-state index in [0.29, 0.717) is 12.5 Å². The van der Waals surface area contributed by atoms with Crippen LogP contribution in [0.3, 0.4) is 0 Å². The fourth-order valence-corrected chi connectivity index (χ4v) is 3.47. The molecule has 122 valence electrons. The second-order valence-electron chi connectivity index (χ2n) is 7.15. The summed E-state index contributed by atoms with van der Waals surface area (Å²) in [6, 6.07) is 0.281. The van der Waals surface area contributed by atoms with Crippen LogP contribution in [0.2, 0.25) is 0 Å². The highest BCUT2D eigenvalue weighted by atomic mass is 16.3. The molecular formula is C17H27N3O2. The SMILES string of the molecule is CC(O)C1CCCN(C(=O)c2cnn(C(C)C)c2C2CC2)C1. The highest BCUT2D eigenvalue weighted by molar-refractivity contribution is 5.95. The van der Waals surface area contributed by atoms with E-state index in [0.717, 1.165) is 43.5 Å². The Morgan fingerprint density at radius 1 is 1.32 bits per heavy atom. The number of aliphatic hydroxyl groups is 1. The molecule has 0 radical (unpaired) electrons. The summed E-state index contributed by atoms with van der Waals surface area (Å²) in [5.74, 6) is 0.794. The first kappa shape index (κ1) is 15.5. The van der Waals surface area contributed by atoms with E-state index >= 15 is 0 Å². The number of likely N-dealkylation sites (tertiary alicyclic amines) is 1. The van der Waals surface area contributed by atoms with Crippen LogP contribution in [-0.4, -0.2) is 44.9 Å². The van der Waals surface area contributed by atoms with Crippen LogP contribution in [0.5, 0.6) is 0 Å². The van der Waals surface area contributed by atoms with Gasteiger partial charge in [0.15, 0.2) is 0 Å². The largest absolute Gasteiger partial charge is 0.393 e. The fourth-order valence-electron chi connectivity index (χ4n) is 3.47. The minimum absolute atomic E-state index is 0.0964. The summed E-state index contributed by atoms with van der Waals surface area (Å²) in [4.78, 5) is 14.9. The van der Waals surface area contributed by atoms with Crippen molar-refractivity contribution in [2.24, 2.45) is 5.92 Å². The molecule has 1 amide bonds. The first-order chi connectivity index (χ1) is 10.5. The number of amides is 1. The molecule has 1 N–H and O–H groups in total. The second kappa shape index (κ2) is 6.03. The Kier molecular flexibility index (Phi) is 4.26. The molecule has 5 nitrogen and oxygen atoms in total. The third-order valence-electron chi connectivity index (χ3n) is 4.94. The molecule has 2 atom stereocenters. The minimum Gasteiger partial charge on any atom is -0.393 e. The lowest BCUT2D eigenvalue weighted by molar-refractivity contribution is 0.0465. The van der Waals surface area contributed by atoms with Gasteiger partial charge in [0.05, 0.1) is 23.6 Å². The third-order valence-corrected chi connectivity index (χ3v) is 4.94. The van der Waals surface area contributed by atoms with E-state index in [4.69, 9.17) is 0 Å². The van der Waals surface area contributed by atoms with Gasteiger partial charge in [0.1, 0.15) is 0 Å². The van der Waals surface area contributed by atoms with Gasteiger partial charge in [0.2, 0.25) is 0 Å². The topological polar surface area (TPSA) is 58.4 Å². The Hall–Kier alpha value is -1.36. The van der Waals surface area contributed by atoms with Gasteiger partial charge in [0.25, 0.3) is 5.91 Å². The molecule has 0 spiro atoms. The second-order valence-corrected chi connectivity index (χ2v) is 7.15. The molecule has 0 bridgehead atoms. The summed E-state index contributed by atoms with van der Waals surface area (Å²) in [6.45, 7) is 7.49. The zero-order valence-electron chi connectivity index (χ0n) is 13.8. The molecular weight excluding hydrogens is 278 g/mol. The van der Waals surface area contributed by atoms with Crippen LogP contribution in [0, 0.1) is 5.92 Å². The van der Waals surface area contributed by atoms with E-state index in [2.05, 4.69) is 18.9 Å². The smallest absolute Gasteiger partial charge is 0.257 e. The van der Waals surface area contributed by atoms with E-state index in [9.17, 15) is 9.90 Å². The number of aromatic nitrogens is 2. The van der Waals surface area contributed by atoms with Gasteiger partial charge in [-0.05, 0) is 46.5 Å². The van der Waals surface area contributed by atoms with E-state index < -0.39 is 0 Å². The zero-order valence-corrected chi connectivity index (χ0v) is 13.8. The molecule has 2 fully saturated rings. The van der Waals surface area contributed by atoms with Crippen molar-refractivity contribution in [2.45, 2.75) is 64.5 Å². The molecule has 1 aromatic rings. The van der Waals surface area contributed by atoms with Crippen molar-refractivity contribution in [2.75, 3.05) is 13.1 Å². The molecule has 3 rings (SSSR count). The van der Waals surface area contributed by atoms with Crippen molar-refractivity contribution in [1.82, 2.24) is 14.7 Å². The normalized spacial score (nSPS) is 23.9. The van der Waals surface area contributed by atoms with Crippen molar-refractivity contribution >= 4 is 5.91 Å². The molecule has 1 aliphatic carbocycles. The van der Waals surface area contributed by atoms with Crippen molar-refractivity contribution in [3.63, 3.8) is 0 Å². The maximum Gasteiger partial charge on any atom is 0.257 e. The van der Waals surface area contributed by atoms with Crippen LogP contribution < -0.4 is 0 Å². The molecule has 2 unspecified atom stereocenters. The Labute approximate surface area is 132 Å². The van der Waals surface area contributed by atoms with Crippen LogP contribution in [-0.2, 0) is 0 Å². The number of aliphatic hydroxyl groups excluding tert-OH is 1. The van der Waals surface area contributed by atoms with Crippen molar-refractivity contribution < 1.29 is 9.90 Å². The molecule has 2 aliphatic rings. The Morgan fingerprint density at radius 2 is 2.05 bits per heavy atom. The Bertz CT molecular complexity index is 546. The molecule has 22 heavy (non-hydrogen) atoms. The van der Waals surface area contributed by atoms with Gasteiger partial charge in [-0.3, -0.25) is 9.48 Å². The van der Waals surface area contributed by atoms with Crippen LogP contribution >= 0.6 is 0 Å². The van der Waals surface area contributed by atoms with Gasteiger partial charge in [-0.25, -0.2) is 0 Å². The lowest BCUT2D eigenvalue weighted by Crippen LogP contribution is -2.43. The van der Waals surface area contributed by atoms with E-state index in [1.54, 1.807) is 6.20 Å². The zero-order chi connectivity index (χ0) is 15.9. The maximum absolute atomic E-state index is 12.9. The van der Waals surface area contributed by atoms with Crippen molar-refractivity contribution in [3.8, 4) is 0 Å². The number of nitrogens with zero attached hydrogens (tertiary/aromatic N) is 3. The van der Waals surface area contributed by atoms with Crippen molar-refractivity contribution in [3.05, 3.63) is 17.5 Å². The van der Waals surface area contributed by atoms with Crippen LogP contribution in [0.25, 0.3) is 0 Å². The number of rotatable bonds is 4. The maximum atomic E-state index is 12.9. The number of hydrogen-bond acceptors (Lipinski definition) is 3. The average molecular weight is 305 g/mol. The quantitative estimate of drug-likeness (QED) is 0.930. The third kappa shape index (κ3) is 2.91. The predicted molar refractivity (Wildman–Crippen MR) is 84.9 cm³/mol. The summed E-state index contributed by atoms with van der Waals surface area (Å²) >= 11 is 0. The molecule has 1 saturated carbocycles. The highest BCUT2D eigenvalue weighted by Gasteiger charge is 2.35. The van der Waals surface area contributed by atoms with Gasteiger partial charge < -0.3 is 10.0 Å². The summed E-state index contributed by atoms with van der Waals surface area (Å²) in [5, 5.41) is 14.3. The van der Waals surface area contributed by atoms with Gasteiger partial charge in [-0.2, -0.15) is 5.10 Å². The van der Waals surface area contributed by atoms with Gasteiger partial charge >= 0.3 is 0 Å². The van der Waals surface area contributed by atoms with E-state index in [-0.39, 0.29) is 24.0 Å². The fraction of sp³-hybridized carbons (Fsp3) is 0.765. The van der Waals surface area contributed by atoms with Crippen LogP contribution in [0.4, 0.5) is 0 Å². The van der Waals surface area contributed by atoms with Crippen LogP contribution in [0.1, 0.15) is 74.5 Å². The molecule has 5 heteroatoms. The lowest BCUT2D eigenvalue weighted by atomic mass is 9.93. The predicted octanol–water partition coefficient (Wildman–Crippen LogP) is 2.57. The van der Waals surface area contributed by atoms with Gasteiger partial charge in [-0.1, -0.05) is 0 Å². The monoisotopic (exact) mass is 305 g/mol. The van der Waals surface area contributed by atoms with Gasteiger partial charge in [-0.15, -0.1) is 0 Å². The summed E-state index contributed by atoms with van der Waals surface area (Å²) in [5.41, 5.74) is 1.90. The lowest BCUT2D eigenvalue weighted by Gasteiger charge is -2.34. The standard InChI is InChI=1S/C17H27N3O2/c1-11(2)20-16(13-6-7-13)15(9-18-20)17(22)19-8-4-5-14(10-19)12(3)21/h9,11-14,21H,4-8,10H2,1-3H3. The number of hydrogen-bond donors (Lipinski definition) is 1. The molecule has 1 aliphatic heterocycles. The molecule has 0 aromatic carbocycles. The number of carbonyl (C=O) groups is 1. The van der Waals surface area contributed by atoms with Gasteiger partial charge in [0, 0.05) is 31.0 Å². The number of carbonyl (C=O) groups excluding carboxylic acids is 1. The summed E-state index contributed by atoms with van der Waals surface area (Å²) in [7, 11) is 0. The summed E-state index contributed by atoms with van der Waals surface area (Å²) in [6.07, 6.45) is 5.70. The van der Waals surface area contributed by atoms with E-state index in [1.165, 1.54) is 0 Å². The molecule has 1 aromatic heterocycles. The van der Waals surface area contributed by atoms with E-state index in [1.807, 2.05) is 16.5 Å². The Balaban J connectivity index is 1.83. The van der Waals surface area contributed by atoms with Crippen LogP contribution in [0.15, 0.2) is 6.20 Å². The first-order valence-corrected chi connectivity index (χ1v) is 8.53. The molecule has 1 saturated heterocycles. The summed E-state index contributed by atoms with van der Waals surface area (Å²) < 4.78 is 2.01. The molecule has 2 heterocycles. The number of piperidine rings is 1. The highest BCUT2D eigenvalue weighted by Crippen LogP contribution is 2.42. The Morgan fingerprint density at radius 3 is 2.64 bits per heavy atom. The van der Waals surface area contributed by atoms with Crippen molar-refractivity contribution in [1.29, 1.82) is 0 Å². The average Bonchev–Trinajstić information content (AvgIpc) is 3.24. The minimum atomic E-state index is -0.350. The first-order valence-electron chi connectivity index (χ1n) is 8.53.